The molecule has 0 spiro atoms. The van der Waals surface area contributed by atoms with Gasteiger partial charge in [0.05, 0.1) is 6.54 Å². The first-order chi connectivity index (χ1) is 9.76. The van der Waals surface area contributed by atoms with E-state index >= 15 is 0 Å². The summed E-state index contributed by atoms with van der Waals surface area (Å²) in [6, 6.07) is 3.08. The fraction of sp³-hybridized carbons (Fsp3) is 0.714. The van der Waals surface area contributed by atoms with Crippen molar-refractivity contribution in [2.24, 2.45) is 5.92 Å². The molecule has 0 radical (unpaired) electrons. The van der Waals surface area contributed by atoms with Crippen molar-refractivity contribution >= 4 is 10.0 Å². The third-order valence-electron chi connectivity index (χ3n) is 3.14. The van der Waals surface area contributed by atoms with Crippen LogP contribution in [0.3, 0.4) is 0 Å². The Morgan fingerprint density at radius 3 is 2.43 bits per heavy atom. The number of furan rings is 1. The molecule has 0 aliphatic rings. The van der Waals surface area contributed by atoms with E-state index in [0.29, 0.717) is 24.8 Å². The lowest BCUT2D eigenvalue weighted by Crippen LogP contribution is -2.39. The van der Waals surface area contributed by atoms with Crippen molar-refractivity contribution in [1.29, 1.82) is 0 Å². The van der Waals surface area contributed by atoms with Crippen LogP contribution in [-0.4, -0.2) is 32.2 Å². The molecule has 0 bridgehead atoms. The number of sulfonamides is 1. The molecule has 1 rings (SSSR count). The van der Waals surface area contributed by atoms with Crippen LogP contribution in [0.4, 0.5) is 0 Å². The Kier molecular flexibility index (Phi) is 6.86. The van der Waals surface area contributed by atoms with Crippen molar-refractivity contribution in [3.05, 3.63) is 17.9 Å². The number of rotatable bonds is 9. The summed E-state index contributed by atoms with van der Waals surface area (Å²) in [6.45, 7) is 8.24. The highest BCUT2D eigenvalue weighted by atomic mass is 32.2. The number of hydrogen-bond donors (Lipinski definition) is 3. The van der Waals surface area contributed by atoms with Crippen molar-refractivity contribution in [2.75, 3.05) is 6.61 Å². The lowest BCUT2D eigenvalue weighted by Gasteiger charge is -2.20. The van der Waals surface area contributed by atoms with Gasteiger partial charge in [0.25, 0.3) is 10.0 Å². The van der Waals surface area contributed by atoms with Crippen molar-refractivity contribution in [3.63, 3.8) is 0 Å². The van der Waals surface area contributed by atoms with Crippen LogP contribution in [0.2, 0.25) is 0 Å². The maximum Gasteiger partial charge on any atom is 0.274 e. The Labute approximate surface area is 127 Å². The summed E-state index contributed by atoms with van der Waals surface area (Å²) in [5, 5.41) is 12.1. The van der Waals surface area contributed by atoms with Gasteiger partial charge in [-0.3, -0.25) is 0 Å². The van der Waals surface area contributed by atoms with E-state index in [0.717, 1.165) is 0 Å². The minimum atomic E-state index is -3.70. The van der Waals surface area contributed by atoms with Gasteiger partial charge < -0.3 is 14.8 Å². The van der Waals surface area contributed by atoms with E-state index in [1.807, 2.05) is 27.7 Å². The van der Waals surface area contributed by atoms with Gasteiger partial charge in [0.1, 0.15) is 5.76 Å². The number of nitrogens with one attached hydrogen (secondary N) is 2. The van der Waals surface area contributed by atoms with Gasteiger partial charge in [-0.1, -0.05) is 27.7 Å². The highest BCUT2D eigenvalue weighted by Gasteiger charge is 2.24. The first-order valence-electron chi connectivity index (χ1n) is 7.21. The molecule has 0 saturated carbocycles. The quantitative estimate of drug-likeness (QED) is 0.641. The van der Waals surface area contributed by atoms with E-state index in [1.54, 1.807) is 6.07 Å². The average molecular weight is 318 g/mol. The van der Waals surface area contributed by atoms with Gasteiger partial charge in [-0.2, -0.15) is 0 Å². The zero-order valence-electron chi connectivity index (χ0n) is 13.1. The second-order valence-corrected chi connectivity index (χ2v) is 7.39. The molecule has 1 unspecified atom stereocenters. The molecule has 1 aromatic rings. The van der Waals surface area contributed by atoms with Crippen LogP contribution in [0.1, 0.15) is 39.9 Å². The largest absolute Gasteiger partial charge is 0.447 e. The predicted octanol–water partition coefficient (Wildman–Crippen LogP) is 1.46. The Morgan fingerprint density at radius 1 is 1.24 bits per heavy atom. The van der Waals surface area contributed by atoms with Crippen molar-refractivity contribution in [2.45, 2.75) is 57.8 Å². The Hall–Kier alpha value is -0.890. The van der Waals surface area contributed by atoms with Crippen LogP contribution >= 0.6 is 0 Å². The van der Waals surface area contributed by atoms with Crippen molar-refractivity contribution < 1.29 is 17.9 Å². The molecule has 7 heteroatoms. The van der Waals surface area contributed by atoms with Crippen LogP contribution in [0.5, 0.6) is 0 Å². The topological polar surface area (TPSA) is 91.6 Å². The zero-order chi connectivity index (χ0) is 16.0. The minimum absolute atomic E-state index is 0.0624. The molecule has 0 amide bonds. The Morgan fingerprint density at radius 2 is 1.90 bits per heavy atom. The van der Waals surface area contributed by atoms with Gasteiger partial charge in [-0.25, -0.2) is 13.1 Å². The molecule has 1 heterocycles. The number of aliphatic hydroxyl groups is 1. The second-order valence-electron chi connectivity index (χ2n) is 5.74. The molecule has 0 saturated heterocycles. The molecule has 3 N–H and O–H groups in total. The summed E-state index contributed by atoms with van der Waals surface area (Å²) in [4.78, 5) is 0. The van der Waals surface area contributed by atoms with E-state index in [1.165, 1.54) is 6.07 Å². The summed E-state index contributed by atoms with van der Waals surface area (Å²) in [5.74, 6) is 0.663. The third kappa shape index (κ3) is 5.78. The van der Waals surface area contributed by atoms with Crippen LogP contribution in [0.25, 0.3) is 0 Å². The lowest BCUT2D eigenvalue weighted by atomic mass is 10.0. The first kappa shape index (κ1) is 18.2. The summed E-state index contributed by atoms with van der Waals surface area (Å²) in [5.41, 5.74) is 0. The van der Waals surface area contributed by atoms with E-state index < -0.39 is 10.0 Å². The molecule has 122 valence electrons. The van der Waals surface area contributed by atoms with E-state index in [-0.39, 0.29) is 23.7 Å². The molecule has 1 atom stereocenters. The normalized spacial score (nSPS) is 14.0. The molecule has 1 aromatic heterocycles. The van der Waals surface area contributed by atoms with Crippen LogP contribution < -0.4 is 10.0 Å². The maximum absolute atomic E-state index is 12.3. The summed E-state index contributed by atoms with van der Waals surface area (Å²) in [7, 11) is -3.70. The highest BCUT2D eigenvalue weighted by molar-refractivity contribution is 7.89. The maximum atomic E-state index is 12.3. The molecule has 0 fully saturated rings. The zero-order valence-corrected chi connectivity index (χ0v) is 13.9. The lowest BCUT2D eigenvalue weighted by molar-refractivity contribution is 0.255. The van der Waals surface area contributed by atoms with E-state index in [2.05, 4.69) is 10.0 Å². The van der Waals surface area contributed by atoms with Crippen molar-refractivity contribution in [3.8, 4) is 0 Å². The molecule has 0 aliphatic heterocycles. The minimum Gasteiger partial charge on any atom is -0.447 e. The summed E-state index contributed by atoms with van der Waals surface area (Å²) >= 11 is 0. The number of aliphatic hydroxyl groups excluding tert-OH is 1. The summed E-state index contributed by atoms with van der Waals surface area (Å²) in [6.07, 6.45) is 0.374. The fourth-order valence-corrected chi connectivity index (χ4v) is 3.20. The van der Waals surface area contributed by atoms with Crippen LogP contribution in [-0.2, 0) is 16.6 Å². The van der Waals surface area contributed by atoms with Crippen LogP contribution in [0, 0.1) is 5.92 Å². The molecule has 6 nitrogen and oxygen atoms in total. The molecule has 21 heavy (non-hydrogen) atoms. The van der Waals surface area contributed by atoms with Gasteiger partial charge in [0.15, 0.2) is 0 Å². The average Bonchev–Trinajstić information content (AvgIpc) is 2.85. The standard InChI is InChI=1S/C14H26N2O4S/c1-10(2)13(7-8-17)16-21(18,19)14-6-5-12(20-14)9-15-11(3)4/h5-6,10-11,13,15-17H,7-9H2,1-4H3. The van der Waals surface area contributed by atoms with Gasteiger partial charge in [-0.05, 0) is 24.5 Å². The van der Waals surface area contributed by atoms with Gasteiger partial charge in [0, 0.05) is 18.7 Å². The molecular formula is C14H26N2O4S. The van der Waals surface area contributed by atoms with E-state index in [9.17, 15) is 8.42 Å². The number of hydrogen-bond acceptors (Lipinski definition) is 5. The summed E-state index contributed by atoms with van der Waals surface area (Å²) < 4.78 is 32.5. The Bertz CT molecular complexity index is 523. The molecular weight excluding hydrogens is 292 g/mol. The SMILES string of the molecule is CC(C)NCc1ccc(S(=O)(=O)NC(CCO)C(C)C)o1. The predicted molar refractivity (Wildman–Crippen MR) is 81.3 cm³/mol. The van der Waals surface area contributed by atoms with Gasteiger partial charge in [-0.15, -0.1) is 0 Å². The Balaban J connectivity index is 2.78. The first-order valence-corrected chi connectivity index (χ1v) is 8.70. The molecule has 0 aliphatic carbocycles. The third-order valence-corrected chi connectivity index (χ3v) is 4.50. The second kappa shape index (κ2) is 7.93. The van der Waals surface area contributed by atoms with Crippen molar-refractivity contribution in [1.82, 2.24) is 10.0 Å². The highest BCUT2D eigenvalue weighted by Crippen LogP contribution is 2.16. The van der Waals surface area contributed by atoms with Crippen LogP contribution in [0.15, 0.2) is 21.6 Å². The smallest absolute Gasteiger partial charge is 0.274 e. The fourth-order valence-electron chi connectivity index (χ4n) is 1.83. The van der Waals surface area contributed by atoms with Gasteiger partial charge >= 0.3 is 0 Å². The monoisotopic (exact) mass is 318 g/mol. The van der Waals surface area contributed by atoms with E-state index in [4.69, 9.17) is 9.52 Å². The van der Waals surface area contributed by atoms with Gasteiger partial charge in [0.2, 0.25) is 5.09 Å². The molecule has 0 aromatic carbocycles.